The maximum Gasteiger partial charge on any atom is 0.225 e. The zero-order valence-electron chi connectivity index (χ0n) is 12.6. The number of nitrogens with two attached hydrogens (primary N) is 1. The molecule has 0 aromatic heterocycles. The first kappa shape index (κ1) is 15.5. The van der Waals surface area contributed by atoms with E-state index in [9.17, 15) is 4.79 Å². The van der Waals surface area contributed by atoms with Gasteiger partial charge in [-0.25, -0.2) is 0 Å². The minimum Gasteiger partial charge on any atom is -0.341 e. The van der Waals surface area contributed by atoms with Crippen LogP contribution in [0.3, 0.4) is 0 Å². The molecule has 2 N–H and O–H groups in total. The summed E-state index contributed by atoms with van der Waals surface area (Å²) in [6.07, 6.45) is 4.02. The quantitative estimate of drug-likeness (QED) is 0.922. The highest BCUT2D eigenvalue weighted by Gasteiger charge is 2.27. The molecule has 1 aromatic carbocycles. The molecule has 1 aliphatic rings. The Morgan fingerprint density at radius 2 is 2.10 bits per heavy atom. The van der Waals surface area contributed by atoms with Crippen LogP contribution in [0.25, 0.3) is 0 Å². The fraction of sp³-hybridized carbons (Fsp3) is 0.529. The first-order valence-corrected chi connectivity index (χ1v) is 7.58. The van der Waals surface area contributed by atoms with Gasteiger partial charge in [0.2, 0.25) is 5.91 Å². The third-order valence-electron chi connectivity index (χ3n) is 4.38. The molecule has 0 unspecified atom stereocenters. The van der Waals surface area contributed by atoms with E-state index < -0.39 is 0 Å². The molecule has 0 saturated heterocycles. The molecule has 21 heavy (non-hydrogen) atoms. The number of amides is 1. The normalized spacial score (nSPS) is 21.6. The van der Waals surface area contributed by atoms with Crippen molar-refractivity contribution in [2.45, 2.75) is 32.2 Å². The van der Waals surface area contributed by atoms with Gasteiger partial charge in [0.25, 0.3) is 0 Å². The van der Waals surface area contributed by atoms with Gasteiger partial charge in [-0.3, -0.25) is 4.79 Å². The van der Waals surface area contributed by atoms with Crippen molar-refractivity contribution >= 4 is 5.91 Å². The van der Waals surface area contributed by atoms with Crippen LogP contribution >= 0.6 is 0 Å². The third-order valence-corrected chi connectivity index (χ3v) is 4.38. The molecule has 4 nitrogen and oxygen atoms in total. The minimum absolute atomic E-state index is 0.136. The first-order chi connectivity index (χ1) is 10.1. The van der Waals surface area contributed by atoms with Crippen LogP contribution in [0.5, 0.6) is 0 Å². The summed E-state index contributed by atoms with van der Waals surface area (Å²) in [6, 6.07) is 9.56. The number of nitriles is 1. The molecule has 0 radical (unpaired) electrons. The lowest BCUT2D eigenvalue weighted by Crippen LogP contribution is -2.35. The average molecular weight is 285 g/mol. The van der Waals surface area contributed by atoms with Crippen LogP contribution in [0.15, 0.2) is 24.3 Å². The number of hydrogen-bond acceptors (Lipinski definition) is 3. The molecular formula is C17H23N3O. The van der Waals surface area contributed by atoms with E-state index in [1.807, 2.05) is 25.2 Å². The van der Waals surface area contributed by atoms with Crippen LogP contribution in [0.2, 0.25) is 0 Å². The lowest BCUT2D eigenvalue weighted by molar-refractivity contribution is -0.136. The molecule has 112 valence electrons. The summed E-state index contributed by atoms with van der Waals surface area (Å²) >= 11 is 0. The van der Waals surface area contributed by atoms with Crippen molar-refractivity contribution in [1.29, 1.82) is 5.26 Å². The van der Waals surface area contributed by atoms with Crippen molar-refractivity contribution in [3.8, 4) is 6.07 Å². The van der Waals surface area contributed by atoms with Gasteiger partial charge in [0.15, 0.2) is 0 Å². The standard InChI is InChI=1S/C17H23N3O/c1-20(12-15-4-2-3-14(9-15)11-19)17(21)16-7-5-13(10-18)6-8-16/h2-4,9,13,16H,5-8,10,12,18H2,1H3. The molecule has 1 fully saturated rings. The second kappa shape index (κ2) is 7.24. The molecule has 0 spiro atoms. The molecule has 1 amide bonds. The van der Waals surface area contributed by atoms with Gasteiger partial charge >= 0.3 is 0 Å². The summed E-state index contributed by atoms with van der Waals surface area (Å²) in [5.41, 5.74) is 7.33. The van der Waals surface area contributed by atoms with Gasteiger partial charge in [0.05, 0.1) is 11.6 Å². The van der Waals surface area contributed by atoms with Gasteiger partial charge in [-0.2, -0.15) is 5.26 Å². The van der Waals surface area contributed by atoms with Gasteiger partial charge in [-0.05, 0) is 55.8 Å². The summed E-state index contributed by atoms with van der Waals surface area (Å²) in [7, 11) is 1.84. The van der Waals surface area contributed by atoms with Gasteiger partial charge < -0.3 is 10.6 Å². The molecule has 0 aliphatic heterocycles. The third kappa shape index (κ3) is 4.05. The van der Waals surface area contributed by atoms with Crippen LogP contribution in [0.1, 0.15) is 36.8 Å². The molecule has 1 aromatic rings. The molecule has 2 rings (SSSR count). The SMILES string of the molecule is CN(Cc1cccc(C#N)c1)C(=O)C1CCC(CN)CC1. The Bertz CT molecular complexity index is 527. The zero-order valence-corrected chi connectivity index (χ0v) is 12.6. The van der Waals surface area contributed by atoms with Crippen LogP contribution < -0.4 is 5.73 Å². The molecular weight excluding hydrogens is 262 g/mol. The Morgan fingerprint density at radius 3 is 2.71 bits per heavy atom. The first-order valence-electron chi connectivity index (χ1n) is 7.58. The summed E-state index contributed by atoms with van der Waals surface area (Å²) in [6.45, 7) is 1.29. The van der Waals surface area contributed by atoms with Crippen molar-refractivity contribution in [3.05, 3.63) is 35.4 Å². The van der Waals surface area contributed by atoms with Crippen LogP contribution in [-0.4, -0.2) is 24.4 Å². The highest BCUT2D eigenvalue weighted by atomic mass is 16.2. The van der Waals surface area contributed by atoms with E-state index in [1.165, 1.54) is 0 Å². The summed E-state index contributed by atoms with van der Waals surface area (Å²) < 4.78 is 0. The molecule has 0 bridgehead atoms. The van der Waals surface area contributed by atoms with E-state index in [4.69, 9.17) is 11.0 Å². The number of rotatable bonds is 4. The smallest absolute Gasteiger partial charge is 0.225 e. The lowest BCUT2D eigenvalue weighted by atomic mass is 9.81. The summed E-state index contributed by atoms with van der Waals surface area (Å²) in [5, 5.41) is 8.92. The molecule has 1 saturated carbocycles. The fourth-order valence-corrected chi connectivity index (χ4v) is 3.05. The second-order valence-corrected chi connectivity index (χ2v) is 5.96. The largest absolute Gasteiger partial charge is 0.341 e. The maximum absolute atomic E-state index is 12.5. The number of benzene rings is 1. The highest BCUT2D eigenvalue weighted by molar-refractivity contribution is 5.78. The minimum atomic E-state index is 0.136. The van der Waals surface area contributed by atoms with Crippen LogP contribution in [0, 0.1) is 23.2 Å². The van der Waals surface area contributed by atoms with Gasteiger partial charge in [-0.1, -0.05) is 12.1 Å². The summed E-state index contributed by atoms with van der Waals surface area (Å²) in [4.78, 5) is 14.3. The monoisotopic (exact) mass is 285 g/mol. The predicted octanol–water partition coefficient (Wildman–Crippen LogP) is 2.28. The van der Waals surface area contributed by atoms with E-state index >= 15 is 0 Å². The van der Waals surface area contributed by atoms with Crippen molar-refractivity contribution in [2.75, 3.05) is 13.6 Å². The van der Waals surface area contributed by atoms with Crippen molar-refractivity contribution in [1.82, 2.24) is 4.90 Å². The molecule has 4 heteroatoms. The Morgan fingerprint density at radius 1 is 1.38 bits per heavy atom. The lowest BCUT2D eigenvalue weighted by Gasteiger charge is -2.30. The van der Waals surface area contributed by atoms with E-state index in [1.54, 1.807) is 11.0 Å². The van der Waals surface area contributed by atoms with E-state index in [0.29, 0.717) is 18.0 Å². The molecule has 1 aliphatic carbocycles. The van der Waals surface area contributed by atoms with Crippen LogP contribution in [0.4, 0.5) is 0 Å². The topological polar surface area (TPSA) is 70.1 Å². The Balaban J connectivity index is 1.92. The van der Waals surface area contributed by atoms with Gasteiger partial charge in [0.1, 0.15) is 0 Å². The maximum atomic E-state index is 12.5. The molecule has 0 atom stereocenters. The van der Waals surface area contributed by atoms with Gasteiger partial charge in [0, 0.05) is 19.5 Å². The number of carbonyl (C=O) groups excluding carboxylic acids is 1. The Hall–Kier alpha value is -1.86. The zero-order chi connectivity index (χ0) is 15.2. The Labute approximate surface area is 126 Å². The fourth-order valence-electron chi connectivity index (χ4n) is 3.05. The highest BCUT2D eigenvalue weighted by Crippen LogP contribution is 2.29. The van der Waals surface area contributed by atoms with E-state index in [-0.39, 0.29) is 11.8 Å². The summed E-state index contributed by atoms with van der Waals surface area (Å²) in [5.74, 6) is 0.941. The van der Waals surface area contributed by atoms with Gasteiger partial charge in [-0.15, -0.1) is 0 Å². The van der Waals surface area contributed by atoms with Crippen molar-refractivity contribution in [2.24, 2.45) is 17.6 Å². The number of hydrogen-bond donors (Lipinski definition) is 1. The van der Waals surface area contributed by atoms with Crippen molar-refractivity contribution in [3.63, 3.8) is 0 Å². The second-order valence-electron chi connectivity index (χ2n) is 5.96. The van der Waals surface area contributed by atoms with Crippen LogP contribution in [-0.2, 0) is 11.3 Å². The van der Waals surface area contributed by atoms with Crippen molar-refractivity contribution < 1.29 is 4.79 Å². The average Bonchev–Trinajstić information content (AvgIpc) is 2.54. The number of carbonyl (C=O) groups is 1. The van der Waals surface area contributed by atoms with E-state index in [2.05, 4.69) is 6.07 Å². The number of nitrogens with zero attached hydrogens (tertiary/aromatic N) is 2. The Kier molecular flexibility index (Phi) is 5.35. The molecule has 0 heterocycles. The van der Waals surface area contributed by atoms with E-state index in [0.717, 1.165) is 37.8 Å². The predicted molar refractivity (Wildman–Crippen MR) is 82.1 cm³/mol.